The molecule has 2 nitrogen and oxygen atoms in total. The first-order valence-corrected chi connectivity index (χ1v) is 7.22. The summed E-state index contributed by atoms with van der Waals surface area (Å²) in [6, 6.07) is 6.20. The lowest BCUT2D eigenvalue weighted by atomic mass is 10.3. The molecule has 0 amide bonds. The maximum absolute atomic E-state index is 5.99. The van der Waals surface area contributed by atoms with Crippen molar-refractivity contribution in [3.8, 4) is 0 Å². The molecule has 90 valence electrons. The molecule has 17 heavy (non-hydrogen) atoms. The molecular weight excluding hydrogens is 300 g/mol. The Labute approximate surface area is 114 Å². The highest BCUT2D eigenvalue weighted by Crippen LogP contribution is 2.40. The number of aromatic nitrogens is 2. The number of hydrogen-bond donors (Lipinski definition) is 0. The molecule has 1 aliphatic carbocycles. The SMILES string of the molecule is CC1CC1Cn1c(CCl)nc2ccc(Br)cc21. The van der Waals surface area contributed by atoms with Crippen LogP contribution in [0.15, 0.2) is 22.7 Å². The zero-order valence-electron chi connectivity index (χ0n) is 9.66. The smallest absolute Gasteiger partial charge is 0.124 e. The van der Waals surface area contributed by atoms with Gasteiger partial charge in [0.2, 0.25) is 0 Å². The van der Waals surface area contributed by atoms with Gasteiger partial charge in [-0.05, 0) is 36.5 Å². The summed E-state index contributed by atoms with van der Waals surface area (Å²) in [5, 5.41) is 0. The van der Waals surface area contributed by atoms with E-state index in [1.807, 2.05) is 12.1 Å². The van der Waals surface area contributed by atoms with Crippen LogP contribution in [0.2, 0.25) is 0 Å². The van der Waals surface area contributed by atoms with Gasteiger partial charge in [0.15, 0.2) is 0 Å². The van der Waals surface area contributed by atoms with E-state index in [-0.39, 0.29) is 0 Å². The Morgan fingerprint density at radius 2 is 2.29 bits per heavy atom. The second-order valence-electron chi connectivity index (χ2n) is 4.88. The summed E-state index contributed by atoms with van der Waals surface area (Å²) in [4.78, 5) is 4.59. The van der Waals surface area contributed by atoms with Crippen molar-refractivity contribution in [3.05, 3.63) is 28.5 Å². The Kier molecular flexibility index (Phi) is 2.91. The highest BCUT2D eigenvalue weighted by molar-refractivity contribution is 9.10. The second-order valence-corrected chi connectivity index (χ2v) is 6.06. The fraction of sp³-hybridized carbons (Fsp3) is 0.462. The van der Waals surface area contributed by atoms with E-state index in [1.54, 1.807) is 0 Å². The van der Waals surface area contributed by atoms with Gasteiger partial charge in [-0.1, -0.05) is 22.9 Å². The third-order valence-corrected chi connectivity index (χ3v) is 4.33. The highest BCUT2D eigenvalue weighted by Gasteiger charge is 2.33. The molecule has 0 saturated heterocycles. The van der Waals surface area contributed by atoms with E-state index in [2.05, 4.69) is 38.5 Å². The lowest BCUT2D eigenvalue weighted by Crippen LogP contribution is -2.04. The van der Waals surface area contributed by atoms with E-state index >= 15 is 0 Å². The minimum atomic E-state index is 0.480. The maximum atomic E-state index is 5.99. The van der Waals surface area contributed by atoms with Crippen LogP contribution in [0.5, 0.6) is 0 Å². The minimum Gasteiger partial charge on any atom is -0.327 e. The first-order valence-electron chi connectivity index (χ1n) is 5.89. The molecule has 2 aromatic rings. The quantitative estimate of drug-likeness (QED) is 0.777. The first-order chi connectivity index (χ1) is 8.19. The van der Waals surface area contributed by atoms with Gasteiger partial charge in [-0.3, -0.25) is 0 Å². The minimum absolute atomic E-state index is 0.480. The summed E-state index contributed by atoms with van der Waals surface area (Å²) in [7, 11) is 0. The van der Waals surface area contributed by atoms with Crippen LogP contribution in [0.3, 0.4) is 0 Å². The molecule has 0 N–H and O–H groups in total. The van der Waals surface area contributed by atoms with Crippen molar-refractivity contribution in [2.75, 3.05) is 0 Å². The van der Waals surface area contributed by atoms with Crippen LogP contribution in [-0.4, -0.2) is 9.55 Å². The van der Waals surface area contributed by atoms with Crippen LogP contribution >= 0.6 is 27.5 Å². The van der Waals surface area contributed by atoms with Crippen LogP contribution in [0.1, 0.15) is 19.2 Å². The van der Waals surface area contributed by atoms with E-state index in [4.69, 9.17) is 11.6 Å². The van der Waals surface area contributed by atoms with E-state index in [9.17, 15) is 0 Å². The van der Waals surface area contributed by atoms with Crippen LogP contribution in [0.4, 0.5) is 0 Å². The number of hydrogen-bond acceptors (Lipinski definition) is 1. The topological polar surface area (TPSA) is 17.8 Å². The zero-order valence-corrected chi connectivity index (χ0v) is 12.0. The van der Waals surface area contributed by atoms with Crippen LogP contribution in [0, 0.1) is 11.8 Å². The lowest BCUT2D eigenvalue weighted by molar-refractivity contribution is 0.591. The first kappa shape index (κ1) is 11.5. The molecule has 0 radical (unpaired) electrons. The van der Waals surface area contributed by atoms with Crippen molar-refractivity contribution < 1.29 is 0 Å². The summed E-state index contributed by atoms with van der Waals surface area (Å²) < 4.78 is 3.37. The molecule has 0 aliphatic heterocycles. The van der Waals surface area contributed by atoms with Gasteiger partial charge >= 0.3 is 0 Å². The second kappa shape index (κ2) is 4.29. The molecule has 1 heterocycles. The molecule has 1 saturated carbocycles. The van der Waals surface area contributed by atoms with E-state index < -0.39 is 0 Å². The molecule has 0 bridgehead atoms. The van der Waals surface area contributed by atoms with Gasteiger partial charge in [0.25, 0.3) is 0 Å². The fourth-order valence-electron chi connectivity index (χ4n) is 2.34. The lowest BCUT2D eigenvalue weighted by Gasteiger charge is -2.06. The molecule has 1 aromatic carbocycles. The summed E-state index contributed by atoms with van der Waals surface area (Å²) in [6.45, 7) is 3.36. The average molecular weight is 314 g/mol. The molecule has 0 spiro atoms. The normalized spacial score (nSPS) is 23.2. The Morgan fingerprint density at radius 1 is 1.53 bits per heavy atom. The summed E-state index contributed by atoms with van der Waals surface area (Å²) >= 11 is 9.51. The predicted molar refractivity (Wildman–Crippen MR) is 74.3 cm³/mol. The van der Waals surface area contributed by atoms with Gasteiger partial charge in [0, 0.05) is 11.0 Å². The highest BCUT2D eigenvalue weighted by atomic mass is 79.9. The molecule has 1 fully saturated rings. The van der Waals surface area contributed by atoms with Crippen molar-refractivity contribution in [2.24, 2.45) is 11.8 Å². The molecule has 2 atom stereocenters. The van der Waals surface area contributed by atoms with Crippen LogP contribution in [0.25, 0.3) is 11.0 Å². The maximum Gasteiger partial charge on any atom is 0.124 e. The van der Waals surface area contributed by atoms with Crippen molar-refractivity contribution in [3.63, 3.8) is 0 Å². The number of halogens is 2. The monoisotopic (exact) mass is 312 g/mol. The molecule has 3 rings (SSSR count). The van der Waals surface area contributed by atoms with Crippen molar-refractivity contribution in [1.82, 2.24) is 9.55 Å². The van der Waals surface area contributed by atoms with E-state index in [0.29, 0.717) is 5.88 Å². The van der Waals surface area contributed by atoms with Gasteiger partial charge in [-0.25, -0.2) is 4.98 Å². The molecule has 1 aromatic heterocycles. The average Bonchev–Trinajstić information content (AvgIpc) is 2.89. The largest absolute Gasteiger partial charge is 0.327 e. The number of alkyl halides is 1. The molecule has 1 aliphatic rings. The summed E-state index contributed by atoms with van der Waals surface area (Å²) in [5.74, 6) is 3.11. The summed E-state index contributed by atoms with van der Waals surface area (Å²) in [6.07, 6.45) is 1.33. The summed E-state index contributed by atoms with van der Waals surface area (Å²) in [5.41, 5.74) is 2.23. The fourth-order valence-corrected chi connectivity index (χ4v) is 2.89. The molecule has 4 heteroatoms. The van der Waals surface area contributed by atoms with E-state index in [0.717, 1.165) is 34.2 Å². The van der Waals surface area contributed by atoms with Gasteiger partial charge in [-0.15, -0.1) is 11.6 Å². The van der Waals surface area contributed by atoms with Gasteiger partial charge in [0.1, 0.15) is 5.82 Å². The number of imidazole rings is 1. The third kappa shape index (κ3) is 2.11. The standard InChI is InChI=1S/C13H14BrClN2/c1-8-4-9(8)7-17-12-5-10(14)2-3-11(12)16-13(17)6-15/h2-3,5,8-9H,4,6-7H2,1H3. The van der Waals surface area contributed by atoms with Crippen LogP contribution in [-0.2, 0) is 12.4 Å². The van der Waals surface area contributed by atoms with Gasteiger partial charge in [0.05, 0.1) is 16.9 Å². The predicted octanol–water partition coefficient (Wildman–Crippen LogP) is 4.19. The Morgan fingerprint density at radius 3 is 2.94 bits per heavy atom. The van der Waals surface area contributed by atoms with Gasteiger partial charge in [-0.2, -0.15) is 0 Å². The Balaban J connectivity index is 2.08. The number of benzene rings is 1. The van der Waals surface area contributed by atoms with Crippen molar-refractivity contribution in [1.29, 1.82) is 0 Å². The Hall–Kier alpha value is -0.540. The van der Waals surface area contributed by atoms with Gasteiger partial charge < -0.3 is 4.57 Å². The number of rotatable bonds is 3. The van der Waals surface area contributed by atoms with Crippen LogP contribution < -0.4 is 0 Å². The van der Waals surface area contributed by atoms with E-state index in [1.165, 1.54) is 11.9 Å². The Bertz CT molecular complexity index is 564. The van der Waals surface area contributed by atoms with Crippen molar-refractivity contribution in [2.45, 2.75) is 25.8 Å². The zero-order chi connectivity index (χ0) is 12.0. The number of nitrogens with zero attached hydrogens (tertiary/aromatic N) is 2. The molecule has 2 unspecified atom stereocenters. The number of fused-ring (bicyclic) bond motifs is 1. The molecular formula is C13H14BrClN2. The third-order valence-electron chi connectivity index (χ3n) is 3.60. The van der Waals surface area contributed by atoms with Crippen molar-refractivity contribution >= 4 is 38.6 Å².